The molecular weight excluding hydrogens is 278 g/mol. The van der Waals surface area contributed by atoms with E-state index in [0.29, 0.717) is 13.2 Å². The molecule has 118 valence electrons. The summed E-state index contributed by atoms with van der Waals surface area (Å²) in [6.45, 7) is 3.11. The van der Waals surface area contributed by atoms with Crippen LogP contribution in [-0.2, 0) is 6.54 Å². The molecular formula is C16H23N5O. The Labute approximate surface area is 131 Å². The van der Waals surface area contributed by atoms with Crippen molar-refractivity contribution in [1.82, 2.24) is 20.2 Å². The van der Waals surface area contributed by atoms with Crippen LogP contribution in [0.5, 0.6) is 5.75 Å². The fourth-order valence-electron chi connectivity index (χ4n) is 1.96. The van der Waals surface area contributed by atoms with E-state index in [2.05, 4.69) is 25.2 Å². The summed E-state index contributed by atoms with van der Waals surface area (Å²) in [6.07, 6.45) is 6.60. The Morgan fingerprint density at radius 2 is 2.05 bits per heavy atom. The summed E-state index contributed by atoms with van der Waals surface area (Å²) in [7, 11) is 1.77. The number of nitrogens with zero attached hydrogens (tertiary/aromatic N) is 3. The van der Waals surface area contributed by atoms with Crippen molar-refractivity contribution in [3.8, 4) is 5.75 Å². The lowest BCUT2D eigenvalue weighted by atomic mass is 10.3. The maximum atomic E-state index is 5.62. The number of aliphatic imine (C=N–C) groups is 1. The molecule has 22 heavy (non-hydrogen) atoms. The second kappa shape index (κ2) is 9.44. The number of hydrogen-bond donors (Lipinski definition) is 2. The molecule has 0 aliphatic carbocycles. The largest absolute Gasteiger partial charge is 0.492 e. The van der Waals surface area contributed by atoms with Crippen LogP contribution in [0.3, 0.4) is 0 Å². The highest BCUT2D eigenvalue weighted by atomic mass is 16.5. The standard InChI is InChI=1S/C16H23N5O/c1-17-16(19-8-5-11-21-12-9-18-14-21)20-10-13-22-15-6-3-2-4-7-15/h2-4,6-7,9,12,14H,5,8,10-11,13H2,1H3,(H2,17,19,20). The van der Waals surface area contributed by atoms with Crippen molar-refractivity contribution >= 4 is 5.96 Å². The highest BCUT2D eigenvalue weighted by Crippen LogP contribution is 2.07. The second-order valence-electron chi connectivity index (χ2n) is 4.74. The van der Waals surface area contributed by atoms with Gasteiger partial charge in [-0.25, -0.2) is 4.98 Å². The molecule has 0 radical (unpaired) electrons. The highest BCUT2D eigenvalue weighted by molar-refractivity contribution is 5.79. The Morgan fingerprint density at radius 1 is 1.23 bits per heavy atom. The first-order valence-corrected chi connectivity index (χ1v) is 7.46. The van der Waals surface area contributed by atoms with E-state index in [1.165, 1.54) is 0 Å². The van der Waals surface area contributed by atoms with E-state index in [9.17, 15) is 0 Å². The number of rotatable bonds is 8. The maximum Gasteiger partial charge on any atom is 0.191 e. The molecule has 0 fully saturated rings. The summed E-state index contributed by atoms with van der Waals surface area (Å²) < 4.78 is 7.68. The average molecular weight is 301 g/mol. The lowest BCUT2D eigenvalue weighted by Gasteiger charge is -2.12. The Kier molecular flexibility index (Phi) is 6.81. The Morgan fingerprint density at radius 3 is 2.77 bits per heavy atom. The van der Waals surface area contributed by atoms with Gasteiger partial charge in [-0.2, -0.15) is 0 Å². The van der Waals surface area contributed by atoms with Gasteiger partial charge in [0.2, 0.25) is 0 Å². The third kappa shape index (κ3) is 5.87. The van der Waals surface area contributed by atoms with Crippen LogP contribution in [0.4, 0.5) is 0 Å². The Balaban J connectivity index is 1.55. The van der Waals surface area contributed by atoms with Crippen LogP contribution in [0.25, 0.3) is 0 Å². The van der Waals surface area contributed by atoms with Gasteiger partial charge in [-0.1, -0.05) is 18.2 Å². The fourth-order valence-corrected chi connectivity index (χ4v) is 1.96. The first kappa shape index (κ1) is 15.9. The summed E-state index contributed by atoms with van der Waals surface area (Å²) in [5.74, 6) is 1.68. The van der Waals surface area contributed by atoms with Gasteiger partial charge in [-0.05, 0) is 18.6 Å². The number of imidazole rings is 1. The molecule has 0 aliphatic rings. The predicted octanol–water partition coefficient (Wildman–Crippen LogP) is 1.52. The number of hydrogen-bond acceptors (Lipinski definition) is 3. The van der Waals surface area contributed by atoms with Crippen molar-refractivity contribution in [3.63, 3.8) is 0 Å². The van der Waals surface area contributed by atoms with Crippen LogP contribution in [-0.4, -0.2) is 42.3 Å². The molecule has 6 heteroatoms. The Bertz CT molecular complexity index is 539. The van der Waals surface area contributed by atoms with Crippen LogP contribution >= 0.6 is 0 Å². The van der Waals surface area contributed by atoms with Crippen LogP contribution in [0.15, 0.2) is 54.0 Å². The molecule has 6 nitrogen and oxygen atoms in total. The topological polar surface area (TPSA) is 63.5 Å². The molecule has 0 unspecified atom stereocenters. The molecule has 0 amide bonds. The van der Waals surface area contributed by atoms with Crippen molar-refractivity contribution in [2.75, 3.05) is 26.7 Å². The fraction of sp³-hybridized carbons (Fsp3) is 0.375. The van der Waals surface area contributed by atoms with E-state index in [4.69, 9.17) is 4.74 Å². The lowest BCUT2D eigenvalue weighted by molar-refractivity contribution is 0.322. The lowest BCUT2D eigenvalue weighted by Crippen LogP contribution is -2.39. The van der Waals surface area contributed by atoms with Crippen molar-refractivity contribution < 1.29 is 4.74 Å². The molecule has 0 atom stereocenters. The molecule has 1 heterocycles. The Hall–Kier alpha value is -2.50. The SMILES string of the molecule is CN=C(NCCCn1ccnc1)NCCOc1ccccc1. The summed E-state index contributed by atoms with van der Waals surface area (Å²) in [4.78, 5) is 8.21. The monoisotopic (exact) mass is 301 g/mol. The van der Waals surface area contributed by atoms with Gasteiger partial charge in [0.15, 0.2) is 5.96 Å². The zero-order valence-corrected chi connectivity index (χ0v) is 12.9. The van der Waals surface area contributed by atoms with Gasteiger partial charge in [0.05, 0.1) is 12.9 Å². The minimum absolute atomic E-state index is 0.597. The van der Waals surface area contributed by atoms with Crippen molar-refractivity contribution in [2.45, 2.75) is 13.0 Å². The number of ether oxygens (including phenoxy) is 1. The maximum absolute atomic E-state index is 5.62. The quantitative estimate of drug-likeness (QED) is 0.441. The molecule has 0 bridgehead atoms. The molecule has 2 aromatic rings. The van der Waals surface area contributed by atoms with Crippen molar-refractivity contribution in [2.24, 2.45) is 4.99 Å². The zero-order chi connectivity index (χ0) is 15.5. The number of benzene rings is 1. The smallest absolute Gasteiger partial charge is 0.191 e. The molecule has 0 saturated heterocycles. The van der Waals surface area contributed by atoms with Gasteiger partial charge in [-0.3, -0.25) is 4.99 Å². The zero-order valence-electron chi connectivity index (χ0n) is 12.9. The van der Waals surface area contributed by atoms with Gasteiger partial charge in [0.1, 0.15) is 12.4 Å². The van der Waals surface area contributed by atoms with E-state index in [1.54, 1.807) is 13.2 Å². The molecule has 2 N–H and O–H groups in total. The molecule has 2 rings (SSSR count). The molecule has 0 aliphatic heterocycles. The normalized spacial score (nSPS) is 11.2. The van der Waals surface area contributed by atoms with Gasteiger partial charge in [0, 0.05) is 32.5 Å². The first-order chi connectivity index (χ1) is 10.9. The third-order valence-corrected chi connectivity index (χ3v) is 3.07. The van der Waals surface area contributed by atoms with Gasteiger partial charge in [-0.15, -0.1) is 0 Å². The van der Waals surface area contributed by atoms with Crippen LogP contribution in [0.1, 0.15) is 6.42 Å². The molecule has 0 saturated carbocycles. The van der Waals surface area contributed by atoms with E-state index >= 15 is 0 Å². The number of guanidine groups is 1. The highest BCUT2D eigenvalue weighted by Gasteiger charge is 1.97. The third-order valence-electron chi connectivity index (χ3n) is 3.07. The van der Waals surface area contributed by atoms with Gasteiger partial charge < -0.3 is 19.9 Å². The van der Waals surface area contributed by atoms with Crippen molar-refractivity contribution in [1.29, 1.82) is 0 Å². The molecule has 1 aromatic carbocycles. The number of nitrogens with one attached hydrogen (secondary N) is 2. The van der Waals surface area contributed by atoms with E-state index in [-0.39, 0.29) is 0 Å². The summed E-state index contributed by atoms with van der Waals surface area (Å²) in [5.41, 5.74) is 0. The van der Waals surface area contributed by atoms with Crippen LogP contribution in [0, 0.1) is 0 Å². The van der Waals surface area contributed by atoms with E-state index in [1.807, 2.05) is 42.9 Å². The first-order valence-electron chi connectivity index (χ1n) is 7.46. The number of aromatic nitrogens is 2. The van der Waals surface area contributed by atoms with Crippen molar-refractivity contribution in [3.05, 3.63) is 49.1 Å². The van der Waals surface area contributed by atoms with Gasteiger partial charge in [0.25, 0.3) is 0 Å². The number of aryl methyl sites for hydroxylation is 1. The number of para-hydroxylation sites is 1. The molecule has 1 aromatic heterocycles. The second-order valence-corrected chi connectivity index (χ2v) is 4.74. The summed E-state index contributed by atoms with van der Waals surface area (Å²) in [5, 5.41) is 6.51. The van der Waals surface area contributed by atoms with E-state index in [0.717, 1.165) is 31.2 Å². The minimum atomic E-state index is 0.597. The summed E-state index contributed by atoms with van der Waals surface area (Å²) >= 11 is 0. The van der Waals surface area contributed by atoms with Crippen LogP contribution in [0.2, 0.25) is 0 Å². The predicted molar refractivity (Wildman–Crippen MR) is 88.1 cm³/mol. The summed E-state index contributed by atoms with van der Waals surface area (Å²) in [6, 6.07) is 9.79. The van der Waals surface area contributed by atoms with E-state index < -0.39 is 0 Å². The minimum Gasteiger partial charge on any atom is -0.492 e. The molecule has 0 spiro atoms. The average Bonchev–Trinajstić information content (AvgIpc) is 3.08. The van der Waals surface area contributed by atoms with Crippen LogP contribution < -0.4 is 15.4 Å². The van der Waals surface area contributed by atoms with Gasteiger partial charge >= 0.3 is 0 Å².